The second-order valence-electron chi connectivity index (χ2n) is 4.00. The van der Waals surface area contributed by atoms with E-state index in [9.17, 15) is 18.0 Å². The van der Waals surface area contributed by atoms with Crippen LogP contribution in [0.15, 0.2) is 0 Å². The Hall–Kier alpha value is -0.740. The van der Waals surface area contributed by atoms with Crippen LogP contribution >= 0.6 is 0 Å². The van der Waals surface area contributed by atoms with Crippen molar-refractivity contribution in [3.05, 3.63) is 0 Å². The van der Waals surface area contributed by atoms with E-state index in [1.165, 1.54) is 0 Å². The Kier molecular flexibility index (Phi) is 3.99. The van der Waals surface area contributed by atoms with E-state index in [0.717, 1.165) is 17.7 Å². The molecule has 1 heterocycles. The molecule has 0 aliphatic carbocycles. The topological polar surface area (TPSA) is 20.3 Å². The van der Waals surface area contributed by atoms with E-state index in [1.54, 1.807) is 0 Å². The third kappa shape index (κ3) is 3.39. The summed E-state index contributed by atoms with van der Waals surface area (Å²) in [5.74, 6) is -1.21. The Labute approximate surface area is 87.4 Å². The monoisotopic (exact) mass is 223 g/mol. The van der Waals surface area contributed by atoms with Gasteiger partial charge in [-0.05, 0) is 25.2 Å². The second kappa shape index (κ2) is 4.86. The summed E-state index contributed by atoms with van der Waals surface area (Å²) in [5.41, 5.74) is 0. The van der Waals surface area contributed by atoms with Gasteiger partial charge in [0.1, 0.15) is 0 Å². The molecule has 2 nitrogen and oxygen atoms in total. The van der Waals surface area contributed by atoms with Crippen LogP contribution in [0.25, 0.3) is 0 Å². The van der Waals surface area contributed by atoms with E-state index in [4.69, 9.17) is 0 Å². The number of likely N-dealkylation sites (tertiary alicyclic amines) is 1. The summed E-state index contributed by atoms with van der Waals surface area (Å²) in [6, 6.07) is 0. The van der Waals surface area contributed by atoms with Crippen molar-refractivity contribution in [1.82, 2.24) is 4.90 Å². The van der Waals surface area contributed by atoms with Crippen molar-refractivity contribution in [2.45, 2.75) is 38.8 Å². The van der Waals surface area contributed by atoms with E-state index in [0.29, 0.717) is 18.8 Å². The molecule has 88 valence electrons. The maximum atomic E-state index is 12.2. The van der Waals surface area contributed by atoms with Gasteiger partial charge in [-0.25, -0.2) is 0 Å². The highest BCUT2D eigenvalue weighted by atomic mass is 19.4. The smallest absolute Gasteiger partial charge is 0.335 e. The molecule has 1 aliphatic rings. The Morgan fingerprint density at radius 2 is 2.00 bits per heavy atom. The number of alkyl halides is 3. The van der Waals surface area contributed by atoms with Gasteiger partial charge in [0.15, 0.2) is 0 Å². The van der Waals surface area contributed by atoms with Crippen LogP contribution in [0.4, 0.5) is 13.2 Å². The molecule has 5 heteroatoms. The van der Waals surface area contributed by atoms with Gasteiger partial charge in [-0.3, -0.25) is 4.79 Å². The zero-order valence-corrected chi connectivity index (χ0v) is 8.81. The quantitative estimate of drug-likeness (QED) is 0.669. The van der Waals surface area contributed by atoms with Crippen molar-refractivity contribution in [2.75, 3.05) is 13.1 Å². The molecule has 0 aromatic carbocycles. The molecule has 0 spiro atoms. The normalized spacial score (nSPS) is 23.7. The summed E-state index contributed by atoms with van der Waals surface area (Å²) < 4.78 is 36.5. The molecular weight excluding hydrogens is 207 g/mol. The number of amides is 1. The van der Waals surface area contributed by atoms with Crippen molar-refractivity contribution in [2.24, 2.45) is 5.92 Å². The van der Waals surface area contributed by atoms with E-state index >= 15 is 0 Å². The van der Waals surface area contributed by atoms with Gasteiger partial charge < -0.3 is 4.90 Å². The number of carbonyl (C=O) groups is 1. The molecule has 0 bridgehead atoms. The Balaban J connectivity index is 2.54. The first kappa shape index (κ1) is 12.3. The highest BCUT2D eigenvalue weighted by Gasteiger charge is 2.42. The molecule has 1 unspecified atom stereocenters. The first-order valence-electron chi connectivity index (χ1n) is 5.31. The largest absolute Gasteiger partial charge is 0.471 e. The third-order valence-electron chi connectivity index (χ3n) is 2.95. The summed E-state index contributed by atoms with van der Waals surface area (Å²) in [7, 11) is 0. The summed E-state index contributed by atoms with van der Waals surface area (Å²) >= 11 is 0. The average molecular weight is 223 g/mol. The van der Waals surface area contributed by atoms with Crippen LogP contribution in [0.3, 0.4) is 0 Å². The van der Waals surface area contributed by atoms with Crippen LogP contribution in [-0.2, 0) is 4.79 Å². The fraction of sp³-hybridized carbons (Fsp3) is 0.900. The van der Waals surface area contributed by atoms with Crippen molar-refractivity contribution >= 4 is 5.91 Å². The van der Waals surface area contributed by atoms with Gasteiger partial charge in [0.2, 0.25) is 0 Å². The zero-order valence-electron chi connectivity index (χ0n) is 8.81. The van der Waals surface area contributed by atoms with Crippen LogP contribution in [0, 0.1) is 5.92 Å². The van der Waals surface area contributed by atoms with Crippen LogP contribution in [0.5, 0.6) is 0 Å². The number of halogens is 3. The summed E-state index contributed by atoms with van der Waals surface area (Å²) in [4.78, 5) is 11.9. The summed E-state index contributed by atoms with van der Waals surface area (Å²) in [6.07, 6.45) is -1.43. The molecule has 0 N–H and O–H groups in total. The molecule has 1 rings (SSSR count). The molecule has 1 saturated heterocycles. The number of hydrogen-bond donors (Lipinski definition) is 0. The van der Waals surface area contributed by atoms with Crippen LogP contribution in [0.2, 0.25) is 0 Å². The summed E-state index contributed by atoms with van der Waals surface area (Å²) in [6.45, 7) is 2.53. The fourth-order valence-corrected chi connectivity index (χ4v) is 1.96. The molecule has 1 fully saturated rings. The first-order valence-corrected chi connectivity index (χ1v) is 5.31. The minimum Gasteiger partial charge on any atom is -0.335 e. The SMILES string of the molecule is CCC1CCCN(C(=O)C(F)(F)F)CC1. The van der Waals surface area contributed by atoms with Gasteiger partial charge in [-0.15, -0.1) is 0 Å². The Bertz CT molecular complexity index is 227. The maximum absolute atomic E-state index is 12.2. The molecule has 0 aromatic heterocycles. The van der Waals surface area contributed by atoms with Crippen LogP contribution in [-0.4, -0.2) is 30.1 Å². The number of rotatable bonds is 1. The molecule has 15 heavy (non-hydrogen) atoms. The average Bonchev–Trinajstić information content (AvgIpc) is 2.39. The number of carbonyl (C=O) groups excluding carboxylic acids is 1. The zero-order chi connectivity index (χ0) is 11.5. The highest BCUT2D eigenvalue weighted by Crippen LogP contribution is 2.24. The molecule has 1 amide bonds. The molecular formula is C10H16F3NO. The van der Waals surface area contributed by atoms with Crippen molar-refractivity contribution in [3.63, 3.8) is 0 Å². The summed E-state index contributed by atoms with van der Waals surface area (Å²) in [5, 5.41) is 0. The molecule has 1 aliphatic heterocycles. The number of hydrogen-bond acceptors (Lipinski definition) is 1. The van der Waals surface area contributed by atoms with Gasteiger partial charge in [-0.1, -0.05) is 13.3 Å². The minimum atomic E-state index is -4.72. The molecule has 0 aromatic rings. The lowest BCUT2D eigenvalue weighted by Crippen LogP contribution is -2.41. The lowest BCUT2D eigenvalue weighted by molar-refractivity contribution is -0.185. The molecule has 0 saturated carbocycles. The third-order valence-corrected chi connectivity index (χ3v) is 2.95. The van der Waals surface area contributed by atoms with Gasteiger partial charge in [0.25, 0.3) is 0 Å². The second-order valence-corrected chi connectivity index (χ2v) is 4.00. The van der Waals surface area contributed by atoms with Gasteiger partial charge in [0, 0.05) is 13.1 Å². The lowest BCUT2D eigenvalue weighted by atomic mass is 9.98. The maximum Gasteiger partial charge on any atom is 0.471 e. The Morgan fingerprint density at radius 3 is 2.53 bits per heavy atom. The predicted molar refractivity (Wildman–Crippen MR) is 50.3 cm³/mol. The highest BCUT2D eigenvalue weighted by molar-refractivity contribution is 5.81. The molecule has 0 radical (unpaired) electrons. The van der Waals surface area contributed by atoms with E-state index in [2.05, 4.69) is 0 Å². The lowest BCUT2D eigenvalue weighted by Gasteiger charge is -2.21. The van der Waals surface area contributed by atoms with E-state index in [-0.39, 0.29) is 13.1 Å². The van der Waals surface area contributed by atoms with Gasteiger partial charge in [0.05, 0.1) is 0 Å². The molecule has 1 atom stereocenters. The Morgan fingerprint density at radius 1 is 1.33 bits per heavy atom. The minimum absolute atomic E-state index is 0.245. The van der Waals surface area contributed by atoms with Gasteiger partial charge in [-0.2, -0.15) is 13.2 Å². The van der Waals surface area contributed by atoms with Crippen molar-refractivity contribution < 1.29 is 18.0 Å². The fourth-order valence-electron chi connectivity index (χ4n) is 1.96. The van der Waals surface area contributed by atoms with Crippen LogP contribution in [0.1, 0.15) is 32.6 Å². The number of nitrogens with zero attached hydrogens (tertiary/aromatic N) is 1. The van der Waals surface area contributed by atoms with Crippen molar-refractivity contribution in [1.29, 1.82) is 0 Å². The van der Waals surface area contributed by atoms with Crippen molar-refractivity contribution in [3.8, 4) is 0 Å². The van der Waals surface area contributed by atoms with Crippen LogP contribution < -0.4 is 0 Å². The van der Waals surface area contributed by atoms with E-state index < -0.39 is 12.1 Å². The van der Waals surface area contributed by atoms with Gasteiger partial charge >= 0.3 is 12.1 Å². The predicted octanol–water partition coefficient (Wildman–Crippen LogP) is 2.59. The first-order chi connectivity index (χ1) is 6.95. The van der Waals surface area contributed by atoms with E-state index in [1.807, 2.05) is 6.92 Å². The standard InChI is InChI=1S/C10H16F3NO/c1-2-8-4-3-6-14(7-5-8)9(15)10(11,12)13/h8H,2-7H2,1H3.